The Morgan fingerprint density at radius 3 is 2.41 bits per heavy atom. The number of fused-ring (bicyclic) bond motifs is 1. The maximum absolute atomic E-state index is 13.0. The molecule has 1 saturated heterocycles. The molecule has 0 saturated carbocycles. The molecular weight excluding hydrogens is 528 g/mol. The first kappa shape index (κ1) is 27.3. The second-order valence-electron chi connectivity index (χ2n) is 9.27. The largest absolute Gasteiger partial charge is 0.381 e. The Labute approximate surface area is 227 Å². The molecule has 1 aliphatic rings. The molecule has 0 unspecified atom stereocenters. The lowest BCUT2D eigenvalue weighted by atomic mass is 10.1. The summed E-state index contributed by atoms with van der Waals surface area (Å²) in [7, 11) is -1.36. The van der Waals surface area contributed by atoms with E-state index in [9.17, 15) is 13.2 Å². The van der Waals surface area contributed by atoms with Gasteiger partial charge in [-0.05, 0) is 29.3 Å². The first-order valence-electron chi connectivity index (χ1n) is 12.0. The Kier molecular flexibility index (Phi) is 8.40. The van der Waals surface area contributed by atoms with E-state index >= 15 is 0 Å². The fraction of sp³-hybridized carbons (Fsp3) is 0.296. The minimum Gasteiger partial charge on any atom is -0.381 e. The van der Waals surface area contributed by atoms with Crippen molar-refractivity contribution in [3.8, 4) is 11.1 Å². The number of hydrogen-bond acceptors (Lipinski definition) is 6. The topological polar surface area (TPSA) is 74.7 Å². The molecule has 0 amide bonds. The molecule has 4 aromatic rings. The minimum absolute atomic E-state index is 0. The van der Waals surface area contributed by atoms with Gasteiger partial charge in [0.2, 0.25) is 10.0 Å². The van der Waals surface area contributed by atoms with Gasteiger partial charge >= 0.3 is 0 Å². The molecule has 0 radical (unpaired) electrons. The van der Waals surface area contributed by atoms with Crippen molar-refractivity contribution in [1.82, 2.24) is 13.8 Å². The van der Waals surface area contributed by atoms with Gasteiger partial charge in [0.25, 0.3) is 5.56 Å². The smallest absolute Gasteiger partial charge is 0.259 e. The van der Waals surface area contributed by atoms with Gasteiger partial charge in [0.1, 0.15) is 0 Å². The predicted octanol–water partition coefficient (Wildman–Crippen LogP) is 4.38. The van der Waals surface area contributed by atoms with E-state index in [1.165, 1.54) is 16.1 Å². The van der Waals surface area contributed by atoms with Gasteiger partial charge in [-0.3, -0.25) is 9.69 Å². The van der Waals surface area contributed by atoms with Crippen LogP contribution < -0.4 is 10.9 Å². The van der Waals surface area contributed by atoms with Crippen molar-refractivity contribution in [3.63, 3.8) is 0 Å². The van der Waals surface area contributed by atoms with Crippen LogP contribution in [0.4, 0.5) is 5.69 Å². The molecule has 0 atom stereocenters. The highest BCUT2D eigenvalue weighted by Crippen LogP contribution is 2.35. The number of anilines is 1. The highest BCUT2D eigenvalue weighted by atomic mass is 35.5. The van der Waals surface area contributed by atoms with Crippen LogP contribution in [0.5, 0.6) is 0 Å². The molecule has 1 N–H and O–H groups in total. The third-order valence-electron chi connectivity index (χ3n) is 6.59. The van der Waals surface area contributed by atoms with Gasteiger partial charge in [-0.2, -0.15) is 4.31 Å². The van der Waals surface area contributed by atoms with E-state index in [0.717, 1.165) is 38.3 Å². The molecule has 37 heavy (non-hydrogen) atoms. The summed E-state index contributed by atoms with van der Waals surface area (Å²) in [5.41, 5.74) is 4.33. The highest BCUT2D eigenvalue weighted by molar-refractivity contribution is 7.88. The minimum atomic E-state index is -3.15. The summed E-state index contributed by atoms with van der Waals surface area (Å²) in [6.45, 7) is 3.81. The molecule has 7 nitrogen and oxygen atoms in total. The summed E-state index contributed by atoms with van der Waals surface area (Å²) in [4.78, 5) is 16.3. The van der Waals surface area contributed by atoms with Crippen molar-refractivity contribution < 1.29 is 8.42 Å². The predicted molar refractivity (Wildman–Crippen MR) is 155 cm³/mol. The monoisotopic (exact) mass is 558 g/mol. The van der Waals surface area contributed by atoms with E-state index in [1.807, 2.05) is 36.5 Å². The van der Waals surface area contributed by atoms with Gasteiger partial charge in [0.05, 0.1) is 11.6 Å². The quantitative estimate of drug-likeness (QED) is 0.364. The Balaban J connectivity index is 0.00000320. The second kappa shape index (κ2) is 11.4. The summed E-state index contributed by atoms with van der Waals surface area (Å²) < 4.78 is 27.8. The van der Waals surface area contributed by atoms with Crippen molar-refractivity contribution in [2.24, 2.45) is 7.05 Å². The number of aromatic nitrogens is 1. The van der Waals surface area contributed by atoms with Crippen LogP contribution in [0.3, 0.4) is 0 Å². The van der Waals surface area contributed by atoms with Gasteiger partial charge in [-0.15, -0.1) is 23.7 Å². The Morgan fingerprint density at radius 1 is 0.973 bits per heavy atom. The molecule has 196 valence electrons. The lowest BCUT2D eigenvalue weighted by Gasteiger charge is -2.32. The Bertz CT molecular complexity index is 1540. The number of pyridine rings is 1. The number of nitrogens with zero attached hydrogens (tertiary/aromatic N) is 3. The van der Waals surface area contributed by atoms with Gasteiger partial charge in [-0.25, -0.2) is 8.42 Å². The zero-order valence-electron chi connectivity index (χ0n) is 20.9. The highest BCUT2D eigenvalue weighted by Gasteiger charge is 2.24. The van der Waals surface area contributed by atoms with Crippen LogP contribution in [0.1, 0.15) is 10.4 Å². The van der Waals surface area contributed by atoms with Gasteiger partial charge < -0.3 is 9.88 Å². The first-order valence-corrected chi connectivity index (χ1v) is 14.6. The van der Waals surface area contributed by atoms with E-state index in [4.69, 9.17) is 0 Å². The molecule has 10 heteroatoms. The maximum atomic E-state index is 13.0. The number of aryl methyl sites for hydroxylation is 1. The fourth-order valence-corrected chi connectivity index (χ4v) is 6.67. The number of rotatable bonds is 7. The van der Waals surface area contributed by atoms with E-state index in [1.54, 1.807) is 23.0 Å². The van der Waals surface area contributed by atoms with Gasteiger partial charge in [-0.1, -0.05) is 42.5 Å². The second-order valence-corrected chi connectivity index (χ2v) is 12.4. The van der Waals surface area contributed by atoms with Crippen molar-refractivity contribution in [2.45, 2.75) is 13.1 Å². The summed E-state index contributed by atoms with van der Waals surface area (Å²) in [5, 5.41) is 4.23. The SMILES string of the molecule is Cl.Cn1cc(-c2cccc(NCc3ccccc3)c2)c2sc(CN3CCN(S(C)(=O)=O)CC3)cc2c1=O. The zero-order valence-corrected chi connectivity index (χ0v) is 23.3. The number of sulfonamides is 1. The average molecular weight is 559 g/mol. The Morgan fingerprint density at radius 2 is 1.70 bits per heavy atom. The number of hydrogen-bond donors (Lipinski definition) is 1. The lowest BCUT2D eigenvalue weighted by molar-refractivity contribution is 0.183. The molecular formula is C27H31ClN4O3S2. The van der Waals surface area contributed by atoms with Gasteiger partial charge in [0.15, 0.2) is 0 Å². The van der Waals surface area contributed by atoms with Crippen molar-refractivity contribution in [3.05, 3.63) is 87.7 Å². The Hall–Kier alpha value is -2.69. The van der Waals surface area contributed by atoms with Crippen molar-refractivity contribution in [2.75, 3.05) is 37.8 Å². The molecule has 1 fully saturated rings. The number of nitrogens with one attached hydrogen (secondary N) is 1. The van der Waals surface area contributed by atoms with Crippen LogP contribution >= 0.6 is 23.7 Å². The molecule has 0 aliphatic carbocycles. The molecule has 3 heterocycles. The van der Waals surface area contributed by atoms with Crippen LogP contribution in [-0.2, 0) is 30.2 Å². The molecule has 0 spiro atoms. The van der Waals surface area contributed by atoms with E-state index < -0.39 is 10.0 Å². The zero-order chi connectivity index (χ0) is 25.3. The van der Waals surface area contributed by atoms with Gasteiger partial charge in [0, 0.05) is 73.3 Å². The summed E-state index contributed by atoms with van der Waals surface area (Å²) in [5.74, 6) is 0. The number of halogens is 1. The van der Waals surface area contributed by atoms with Crippen LogP contribution in [-0.4, -0.2) is 54.6 Å². The van der Waals surface area contributed by atoms with Crippen LogP contribution in [0.2, 0.25) is 0 Å². The summed E-state index contributed by atoms with van der Waals surface area (Å²) in [6.07, 6.45) is 3.18. The lowest BCUT2D eigenvalue weighted by Crippen LogP contribution is -2.47. The number of benzene rings is 2. The molecule has 5 rings (SSSR count). The van der Waals surface area contributed by atoms with Crippen LogP contribution in [0.15, 0.2) is 71.7 Å². The van der Waals surface area contributed by atoms with Crippen LogP contribution in [0, 0.1) is 0 Å². The fourth-order valence-electron chi connectivity index (χ4n) is 4.62. The molecule has 2 aromatic carbocycles. The van der Waals surface area contributed by atoms with E-state index in [0.29, 0.717) is 32.7 Å². The van der Waals surface area contributed by atoms with Crippen molar-refractivity contribution in [1.29, 1.82) is 0 Å². The molecule has 0 bridgehead atoms. The van der Waals surface area contributed by atoms with Crippen molar-refractivity contribution >= 4 is 49.5 Å². The maximum Gasteiger partial charge on any atom is 0.259 e. The molecule has 1 aliphatic heterocycles. The number of piperazine rings is 1. The summed E-state index contributed by atoms with van der Waals surface area (Å²) in [6, 6.07) is 20.6. The third-order valence-corrected chi connectivity index (χ3v) is 9.05. The van der Waals surface area contributed by atoms with E-state index in [2.05, 4.69) is 40.5 Å². The first-order chi connectivity index (χ1) is 17.3. The normalized spacial score (nSPS) is 15.0. The molecule has 2 aromatic heterocycles. The average Bonchev–Trinajstić information content (AvgIpc) is 3.29. The van der Waals surface area contributed by atoms with Crippen LogP contribution in [0.25, 0.3) is 21.2 Å². The summed E-state index contributed by atoms with van der Waals surface area (Å²) >= 11 is 1.65. The van der Waals surface area contributed by atoms with E-state index in [-0.39, 0.29) is 18.0 Å². The standard InChI is InChI=1S/C27H30N4O3S2.ClH/c1-29-19-25(21-9-6-10-22(15-21)28-17-20-7-4-3-5-8-20)26-24(27(29)32)16-23(35-26)18-30-11-13-31(14-12-30)36(2,33)34;/h3-10,15-16,19,28H,11-14,17-18H2,1-2H3;1H. The number of thiophene rings is 1. The third kappa shape index (κ3) is 6.25.